The van der Waals surface area contributed by atoms with Gasteiger partial charge in [0.05, 0.1) is 13.2 Å². The molecule has 4 atom stereocenters. The average Bonchev–Trinajstić information content (AvgIpc) is 3.01. The number of fused-ring (bicyclic) bond motifs is 3. The maximum atomic E-state index is 12.0. The molecule has 0 unspecified atom stereocenters. The second-order valence-electron chi connectivity index (χ2n) is 8.17. The Morgan fingerprint density at radius 3 is 2.52 bits per heavy atom. The third kappa shape index (κ3) is 1.71. The first kappa shape index (κ1) is 14.0. The second-order valence-corrected chi connectivity index (χ2v) is 8.17. The van der Waals surface area contributed by atoms with Crippen LogP contribution in [0, 0.1) is 22.7 Å². The fourth-order valence-corrected chi connectivity index (χ4v) is 5.75. The summed E-state index contributed by atoms with van der Waals surface area (Å²) in [6, 6.07) is 0. The van der Waals surface area contributed by atoms with E-state index < -0.39 is 0 Å². The minimum Gasteiger partial charge on any atom is -0.348 e. The molecule has 116 valence electrons. The fraction of sp³-hybridized carbons (Fsp3) is 0.833. The Balaban J connectivity index is 1.74. The number of hydrogen-bond acceptors (Lipinski definition) is 3. The van der Waals surface area contributed by atoms with Crippen molar-refractivity contribution in [3.63, 3.8) is 0 Å². The summed E-state index contributed by atoms with van der Waals surface area (Å²) in [5.41, 5.74) is 1.79. The third-order valence-corrected chi connectivity index (χ3v) is 7.38. The molecule has 0 radical (unpaired) electrons. The van der Waals surface area contributed by atoms with Gasteiger partial charge in [-0.1, -0.05) is 26.3 Å². The van der Waals surface area contributed by atoms with Gasteiger partial charge in [-0.2, -0.15) is 0 Å². The number of ketones is 1. The lowest BCUT2D eigenvalue weighted by Gasteiger charge is -2.63. The zero-order chi connectivity index (χ0) is 14.9. The van der Waals surface area contributed by atoms with Crippen molar-refractivity contribution in [3.05, 3.63) is 11.6 Å². The van der Waals surface area contributed by atoms with Gasteiger partial charge in [0.15, 0.2) is 11.6 Å². The minimum atomic E-state index is -0.341. The molecule has 4 rings (SSSR count). The van der Waals surface area contributed by atoms with Crippen molar-refractivity contribution in [2.24, 2.45) is 22.7 Å². The molecular weight excluding hydrogens is 264 g/mol. The molecular formula is C18H26O3. The van der Waals surface area contributed by atoms with Crippen LogP contribution in [-0.4, -0.2) is 24.8 Å². The third-order valence-electron chi connectivity index (χ3n) is 7.38. The van der Waals surface area contributed by atoms with Crippen molar-refractivity contribution in [3.8, 4) is 0 Å². The number of ether oxygens (including phenoxy) is 2. The Morgan fingerprint density at radius 1 is 1.10 bits per heavy atom. The van der Waals surface area contributed by atoms with E-state index in [4.69, 9.17) is 9.47 Å². The minimum absolute atomic E-state index is 0.183. The molecule has 0 amide bonds. The average molecular weight is 290 g/mol. The van der Waals surface area contributed by atoms with Crippen LogP contribution in [0.15, 0.2) is 11.6 Å². The molecule has 0 N–H and O–H groups in total. The molecule has 0 aromatic rings. The highest BCUT2D eigenvalue weighted by atomic mass is 16.7. The number of rotatable bonds is 0. The summed E-state index contributed by atoms with van der Waals surface area (Å²) < 4.78 is 12.0. The van der Waals surface area contributed by atoms with E-state index in [0.29, 0.717) is 17.6 Å². The molecule has 3 nitrogen and oxygen atoms in total. The van der Waals surface area contributed by atoms with E-state index in [0.717, 1.165) is 45.3 Å². The van der Waals surface area contributed by atoms with Gasteiger partial charge in [-0.15, -0.1) is 0 Å². The summed E-state index contributed by atoms with van der Waals surface area (Å²) in [5.74, 6) is 1.01. The van der Waals surface area contributed by atoms with Gasteiger partial charge in [-0.25, -0.2) is 0 Å². The van der Waals surface area contributed by atoms with Crippen molar-refractivity contribution >= 4 is 5.78 Å². The van der Waals surface area contributed by atoms with Gasteiger partial charge in [0.2, 0.25) is 0 Å². The zero-order valence-corrected chi connectivity index (χ0v) is 13.4. The largest absolute Gasteiger partial charge is 0.348 e. The van der Waals surface area contributed by atoms with E-state index in [9.17, 15) is 4.79 Å². The first-order chi connectivity index (χ1) is 9.89. The highest BCUT2D eigenvalue weighted by Crippen LogP contribution is 2.68. The Labute approximate surface area is 127 Å². The Kier molecular flexibility index (Phi) is 2.79. The lowest BCUT2D eigenvalue weighted by molar-refractivity contribution is -0.248. The molecule has 0 aromatic carbocycles. The van der Waals surface area contributed by atoms with Crippen LogP contribution in [0.5, 0.6) is 0 Å². The van der Waals surface area contributed by atoms with Crippen LogP contribution in [0.25, 0.3) is 0 Å². The second kappa shape index (κ2) is 4.20. The van der Waals surface area contributed by atoms with Crippen molar-refractivity contribution in [1.82, 2.24) is 0 Å². The molecule has 1 spiro atoms. The Bertz CT molecular complexity index is 517. The lowest BCUT2D eigenvalue weighted by atomic mass is 9.43. The van der Waals surface area contributed by atoms with Crippen molar-refractivity contribution in [2.75, 3.05) is 13.2 Å². The molecule has 0 bridgehead atoms. The molecule has 4 aliphatic rings. The van der Waals surface area contributed by atoms with Crippen molar-refractivity contribution in [2.45, 2.75) is 58.7 Å². The number of carbonyl (C=O) groups is 1. The van der Waals surface area contributed by atoms with Gasteiger partial charge >= 0.3 is 0 Å². The summed E-state index contributed by atoms with van der Waals surface area (Å²) in [7, 11) is 0. The number of allylic oxidation sites excluding steroid dienone is 2. The predicted octanol–water partition coefficient (Wildman–Crippen LogP) is 3.48. The predicted molar refractivity (Wildman–Crippen MR) is 79.7 cm³/mol. The van der Waals surface area contributed by atoms with Gasteiger partial charge in [-0.3, -0.25) is 4.79 Å². The maximum absolute atomic E-state index is 12.0. The number of hydrogen-bond donors (Lipinski definition) is 0. The van der Waals surface area contributed by atoms with Gasteiger partial charge in [0.1, 0.15) is 0 Å². The van der Waals surface area contributed by atoms with Crippen LogP contribution in [0.1, 0.15) is 52.9 Å². The van der Waals surface area contributed by atoms with E-state index in [1.54, 1.807) is 0 Å². The van der Waals surface area contributed by atoms with Crippen LogP contribution < -0.4 is 0 Å². The van der Waals surface area contributed by atoms with E-state index in [-0.39, 0.29) is 16.6 Å². The van der Waals surface area contributed by atoms with E-state index in [1.807, 2.05) is 6.08 Å². The molecule has 1 saturated heterocycles. The van der Waals surface area contributed by atoms with E-state index >= 15 is 0 Å². The smallest absolute Gasteiger partial charge is 0.169 e. The molecule has 3 aliphatic carbocycles. The molecule has 3 heteroatoms. The van der Waals surface area contributed by atoms with Crippen molar-refractivity contribution < 1.29 is 14.3 Å². The van der Waals surface area contributed by atoms with Gasteiger partial charge in [0, 0.05) is 19.3 Å². The van der Waals surface area contributed by atoms with Crippen molar-refractivity contribution in [1.29, 1.82) is 0 Å². The van der Waals surface area contributed by atoms with E-state index in [2.05, 4.69) is 20.8 Å². The first-order valence-corrected chi connectivity index (χ1v) is 8.40. The molecule has 2 saturated carbocycles. The summed E-state index contributed by atoms with van der Waals surface area (Å²) in [4.78, 5) is 12.0. The maximum Gasteiger partial charge on any atom is 0.169 e. The SMILES string of the molecule is C[C@H]1CC2=CC(=O)C[C@@H]2[C@@]2(C)CCC3(C[C@]12C)OCCO3. The topological polar surface area (TPSA) is 35.5 Å². The Morgan fingerprint density at radius 2 is 1.81 bits per heavy atom. The molecule has 0 aromatic heterocycles. The van der Waals surface area contributed by atoms with E-state index in [1.165, 1.54) is 5.57 Å². The normalized spacial score (nSPS) is 48.1. The Hall–Kier alpha value is -0.670. The zero-order valence-electron chi connectivity index (χ0n) is 13.4. The van der Waals surface area contributed by atoms with Crippen LogP contribution in [-0.2, 0) is 14.3 Å². The highest BCUT2D eigenvalue weighted by Gasteiger charge is 2.63. The van der Waals surface area contributed by atoms with Crippen LogP contribution in [0.4, 0.5) is 0 Å². The summed E-state index contributed by atoms with van der Waals surface area (Å²) in [6.45, 7) is 8.65. The lowest BCUT2D eigenvalue weighted by Crippen LogP contribution is -2.58. The van der Waals surface area contributed by atoms with Gasteiger partial charge < -0.3 is 9.47 Å². The molecule has 21 heavy (non-hydrogen) atoms. The molecule has 1 aliphatic heterocycles. The quantitative estimate of drug-likeness (QED) is 0.685. The number of carbonyl (C=O) groups excluding carboxylic acids is 1. The fourth-order valence-electron chi connectivity index (χ4n) is 5.75. The van der Waals surface area contributed by atoms with Crippen LogP contribution >= 0.6 is 0 Å². The van der Waals surface area contributed by atoms with Gasteiger partial charge in [0.25, 0.3) is 0 Å². The first-order valence-electron chi connectivity index (χ1n) is 8.40. The van der Waals surface area contributed by atoms with Gasteiger partial charge in [-0.05, 0) is 41.6 Å². The standard InChI is InChI=1S/C18H26O3/c1-12-8-13-9-14(19)10-15(13)16(2)4-5-18(11-17(12,16)3)20-6-7-21-18/h9,12,15H,4-8,10-11H2,1-3H3/t12-,15-,16+,17+/m0/s1. The summed E-state index contributed by atoms with van der Waals surface area (Å²) in [5, 5.41) is 0. The highest BCUT2D eigenvalue weighted by molar-refractivity contribution is 5.93. The van der Waals surface area contributed by atoms with Crippen LogP contribution in [0.2, 0.25) is 0 Å². The molecule has 1 heterocycles. The van der Waals surface area contributed by atoms with Crippen LogP contribution in [0.3, 0.4) is 0 Å². The monoisotopic (exact) mass is 290 g/mol. The molecule has 3 fully saturated rings. The summed E-state index contributed by atoms with van der Waals surface area (Å²) in [6.07, 6.45) is 6.79. The summed E-state index contributed by atoms with van der Waals surface area (Å²) >= 11 is 0.